The van der Waals surface area contributed by atoms with Crippen LogP contribution in [0, 0.1) is 13.8 Å². The van der Waals surface area contributed by atoms with E-state index in [2.05, 4.69) is 0 Å². The summed E-state index contributed by atoms with van der Waals surface area (Å²) in [5, 5.41) is 0.545. The minimum absolute atomic E-state index is 0.231. The number of thioether (sulfide) groups is 1. The number of rotatable bonds is 6. The van der Waals surface area contributed by atoms with Gasteiger partial charge >= 0.3 is 0 Å². The fourth-order valence-corrected chi connectivity index (χ4v) is 6.01. The normalized spacial score (nSPS) is 14.7. The van der Waals surface area contributed by atoms with Crippen molar-refractivity contribution >= 4 is 57.7 Å². The van der Waals surface area contributed by atoms with E-state index in [1.54, 1.807) is 24.3 Å². The molecule has 1 saturated heterocycles. The van der Waals surface area contributed by atoms with Gasteiger partial charge in [0.1, 0.15) is 20.7 Å². The van der Waals surface area contributed by atoms with E-state index in [4.69, 9.17) is 21.9 Å². The Balaban J connectivity index is 1.54. The van der Waals surface area contributed by atoms with Gasteiger partial charge in [-0.3, -0.25) is 18.9 Å². The van der Waals surface area contributed by atoms with Gasteiger partial charge in [-0.15, -0.1) is 0 Å². The number of ether oxygens (including phenoxy) is 1. The third-order valence-electron chi connectivity index (χ3n) is 5.93. The van der Waals surface area contributed by atoms with Crippen molar-refractivity contribution in [1.29, 1.82) is 0 Å². The van der Waals surface area contributed by atoms with Gasteiger partial charge in [-0.1, -0.05) is 71.6 Å². The number of nitrogens with zero attached hydrogens (tertiary/aromatic N) is 3. The van der Waals surface area contributed by atoms with E-state index in [1.807, 2.05) is 74.5 Å². The van der Waals surface area contributed by atoms with Crippen molar-refractivity contribution in [2.24, 2.45) is 0 Å². The molecule has 37 heavy (non-hydrogen) atoms. The number of hydrogen-bond donors (Lipinski definition) is 0. The van der Waals surface area contributed by atoms with Crippen LogP contribution >= 0.6 is 35.7 Å². The lowest BCUT2D eigenvalue weighted by Gasteiger charge is -2.14. The molecule has 2 aromatic carbocycles. The van der Waals surface area contributed by atoms with Crippen LogP contribution in [0.1, 0.15) is 22.3 Å². The van der Waals surface area contributed by atoms with Crippen molar-refractivity contribution in [3.8, 4) is 5.75 Å². The number of aryl methyl sites for hydroxylation is 2. The lowest BCUT2D eigenvalue weighted by atomic mass is 10.2. The summed E-state index contributed by atoms with van der Waals surface area (Å²) in [6.45, 7) is 4.29. The van der Waals surface area contributed by atoms with Gasteiger partial charge in [-0.2, -0.15) is 0 Å². The average molecular weight is 546 g/mol. The number of pyridine rings is 1. The van der Waals surface area contributed by atoms with Crippen LogP contribution in [0.3, 0.4) is 0 Å². The minimum Gasteiger partial charge on any atom is -0.497 e. The number of benzene rings is 2. The Morgan fingerprint density at radius 2 is 1.78 bits per heavy atom. The number of methoxy groups -OCH3 is 1. The van der Waals surface area contributed by atoms with Gasteiger partial charge in [0.25, 0.3) is 11.5 Å². The van der Waals surface area contributed by atoms with Crippen molar-refractivity contribution < 1.29 is 9.53 Å². The first-order chi connectivity index (χ1) is 17.8. The summed E-state index contributed by atoms with van der Waals surface area (Å²) in [5.74, 6) is 0.512. The first kappa shape index (κ1) is 25.3. The quantitative estimate of drug-likeness (QED) is 0.171. The number of carbonyl (C=O) groups excluding carboxylic acids is 1. The molecular weight excluding hydrogens is 523 g/mol. The zero-order valence-electron chi connectivity index (χ0n) is 20.4. The standard InChI is InChI=1S/C28H23N3O3S3/c1-17-6-12-21(13-7-17)36-25-22(26(32)30-14-4-5-18(2)24(30)29-25)15-23-27(33)31(28(35)37-23)16-19-8-10-20(34-3)11-9-19/h4-15H,16H2,1-3H3/b23-15+. The summed E-state index contributed by atoms with van der Waals surface area (Å²) in [6.07, 6.45) is 3.33. The van der Waals surface area contributed by atoms with Gasteiger partial charge in [0.15, 0.2) is 0 Å². The molecule has 1 aliphatic rings. The SMILES string of the molecule is COc1ccc(CN2C(=O)/C(=C\c3c(Sc4ccc(C)cc4)nc4c(C)cccn4c3=O)SC2=S)cc1. The van der Waals surface area contributed by atoms with E-state index in [-0.39, 0.29) is 11.5 Å². The van der Waals surface area contributed by atoms with E-state index in [9.17, 15) is 9.59 Å². The lowest BCUT2D eigenvalue weighted by Crippen LogP contribution is -2.27. The van der Waals surface area contributed by atoms with Crippen LogP contribution in [0.5, 0.6) is 5.75 Å². The van der Waals surface area contributed by atoms with Crippen molar-refractivity contribution in [2.75, 3.05) is 7.11 Å². The maximum atomic E-state index is 13.6. The van der Waals surface area contributed by atoms with E-state index >= 15 is 0 Å². The molecule has 0 atom stereocenters. The third kappa shape index (κ3) is 5.20. The number of amides is 1. The van der Waals surface area contributed by atoms with Crippen LogP contribution in [-0.2, 0) is 11.3 Å². The summed E-state index contributed by atoms with van der Waals surface area (Å²) < 4.78 is 7.19. The van der Waals surface area contributed by atoms with Crippen LogP contribution in [0.25, 0.3) is 11.7 Å². The van der Waals surface area contributed by atoms with E-state index < -0.39 is 0 Å². The monoisotopic (exact) mass is 545 g/mol. The topological polar surface area (TPSA) is 63.9 Å². The molecule has 0 radical (unpaired) electrons. The first-order valence-corrected chi connectivity index (χ1v) is 13.5. The van der Waals surface area contributed by atoms with Crippen LogP contribution in [0.4, 0.5) is 0 Å². The van der Waals surface area contributed by atoms with E-state index in [0.29, 0.717) is 32.0 Å². The Kier molecular flexibility index (Phi) is 7.19. The predicted molar refractivity (Wildman–Crippen MR) is 153 cm³/mol. The average Bonchev–Trinajstić information content (AvgIpc) is 3.16. The van der Waals surface area contributed by atoms with Crippen molar-refractivity contribution in [2.45, 2.75) is 30.3 Å². The number of hydrogen-bond acceptors (Lipinski definition) is 7. The van der Waals surface area contributed by atoms with Crippen LogP contribution in [-0.4, -0.2) is 31.6 Å². The maximum Gasteiger partial charge on any atom is 0.266 e. The molecule has 0 N–H and O–H groups in total. The predicted octanol–water partition coefficient (Wildman–Crippen LogP) is 5.87. The Labute approximate surface area is 228 Å². The molecule has 0 saturated carbocycles. The van der Waals surface area contributed by atoms with Crippen LogP contribution < -0.4 is 10.3 Å². The number of aromatic nitrogens is 2. The fraction of sp³-hybridized carbons (Fsp3) is 0.143. The molecule has 1 aliphatic heterocycles. The molecule has 0 bridgehead atoms. The van der Waals surface area contributed by atoms with Crippen LogP contribution in [0.15, 0.2) is 86.5 Å². The molecule has 3 heterocycles. The molecule has 6 nitrogen and oxygen atoms in total. The molecule has 186 valence electrons. The van der Waals surface area contributed by atoms with Gasteiger partial charge in [0.05, 0.1) is 24.1 Å². The molecule has 2 aromatic heterocycles. The second-order valence-electron chi connectivity index (χ2n) is 8.55. The molecule has 1 amide bonds. The van der Waals surface area contributed by atoms with Gasteiger partial charge in [0.2, 0.25) is 0 Å². The molecule has 4 aromatic rings. The molecule has 0 spiro atoms. The highest BCUT2D eigenvalue weighted by Crippen LogP contribution is 2.36. The Hall–Kier alpha value is -3.40. The summed E-state index contributed by atoms with van der Waals surface area (Å²) in [4.78, 5) is 34.8. The van der Waals surface area contributed by atoms with Gasteiger partial charge in [0, 0.05) is 11.1 Å². The molecule has 0 aliphatic carbocycles. The summed E-state index contributed by atoms with van der Waals surface area (Å²) >= 11 is 8.14. The largest absolute Gasteiger partial charge is 0.497 e. The molecule has 0 unspecified atom stereocenters. The third-order valence-corrected chi connectivity index (χ3v) is 8.32. The van der Waals surface area contributed by atoms with Gasteiger partial charge in [-0.05, 0) is 61.4 Å². The lowest BCUT2D eigenvalue weighted by molar-refractivity contribution is -0.122. The highest BCUT2D eigenvalue weighted by molar-refractivity contribution is 8.26. The molecular formula is C28H23N3O3S3. The number of carbonyl (C=O) groups is 1. The zero-order valence-corrected chi connectivity index (χ0v) is 22.9. The van der Waals surface area contributed by atoms with Crippen molar-refractivity contribution in [3.63, 3.8) is 0 Å². The van der Waals surface area contributed by atoms with Crippen molar-refractivity contribution in [3.05, 3.63) is 104 Å². The number of fused-ring (bicyclic) bond motifs is 1. The second kappa shape index (κ2) is 10.5. The highest BCUT2D eigenvalue weighted by atomic mass is 32.2. The fourth-order valence-electron chi connectivity index (χ4n) is 3.89. The van der Waals surface area contributed by atoms with Crippen LogP contribution in [0.2, 0.25) is 0 Å². The van der Waals surface area contributed by atoms with Gasteiger partial charge in [-0.25, -0.2) is 4.98 Å². The highest BCUT2D eigenvalue weighted by Gasteiger charge is 2.32. The first-order valence-electron chi connectivity index (χ1n) is 11.5. The van der Waals surface area contributed by atoms with E-state index in [0.717, 1.165) is 27.3 Å². The zero-order chi connectivity index (χ0) is 26.1. The molecule has 9 heteroatoms. The summed E-state index contributed by atoms with van der Waals surface area (Å²) in [7, 11) is 1.61. The molecule has 5 rings (SSSR count). The minimum atomic E-state index is -0.233. The Bertz CT molecular complexity index is 1610. The van der Waals surface area contributed by atoms with E-state index in [1.165, 1.54) is 27.9 Å². The molecule has 1 fully saturated rings. The summed E-state index contributed by atoms with van der Waals surface area (Å²) in [5.41, 5.74) is 3.68. The van der Waals surface area contributed by atoms with Gasteiger partial charge < -0.3 is 4.74 Å². The summed E-state index contributed by atoms with van der Waals surface area (Å²) in [6, 6.07) is 19.3. The number of thiocarbonyl (C=S) groups is 1. The Morgan fingerprint density at radius 3 is 2.49 bits per heavy atom. The second-order valence-corrected chi connectivity index (χ2v) is 11.3. The Morgan fingerprint density at radius 1 is 1.05 bits per heavy atom. The van der Waals surface area contributed by atoms with Crippen molar-refractivity contribution in [1.82, 2.24) is 14.3 Å². The smallest absolute Gasteiger partial charge is 0.266 e. The maximum absolute atomic E-state index is 13.6.